The number of hydrogen-bond donors (Lipinski definition) is 1. The molecule has 2 aliphatic carbocycles. The SMILES string of the molecule is O=C(Nc1nccc(C2CC2)n1)N1CCOCC1CC1CC1. The number of rotatable bonds is 4. The molecule has 0 bridgehead atoms. The second-order valence-corrected chi connectivity index (χ2v) is 6.61. The molecule has 1 atom stereocenters. The lowest BCUT2D eigenvalue weighted by molar-refractivity contribution is 0.0107. The maximum atomic E-state index is 12.6. The lowest BCUT2D eigenvalue weighted by Gasteiger charge is -2.35. The Balaban J connectivity index is 1.42. The van der Waals surface area contributed by atoms with E-state index >= 15 is 0 Å². The van der Waals surface area contributed by atoms with Crippen molar-refractivity contribution in [2.45, 2.75) is 44.1 Å². The molecular weight excluding hydrogens is 280 g/mol. The van der Waals surface area contributed by atoms with E-state index in [1.807, 2.05) is 11.0 Å². The fraction of sp³-hybridized carbons (Fsp3) is 0.688. The standard InChI is InChI=1S/C16H22N4O2/c21-16(19-15-17-6-5-14(18-15)12-3-4-12)20-7-8-22-10-13(20)9-11-1-2-11/h5-6,11-13H,1-4,7-10H2,(H,17,18,19,21). The van der Waals surface area contributed by atoms with Crippen molar-refractivity contribution in [1.29, 1.82) is 0 Å². The summed E-state index contributed by atoms with van der Waals surface area (Å²) in [5.74, 6) is 1.76. The Bertz CT molecular complexity index is 557. The van der Waals surface area contributed by atoms with Crippen molar-refractivity contribution >= 4 is 12.0 Å². The quantitative estimate of drug-likeness (QED) is 0.927. The molecular formula is C16H22N4O2. The second kappa shape index (κ2) is 5.83. The van der Waals surface area contributed by atoms with Crippen LogP contribution in [0, 0.1) is 5.92 Å². The van der Waals surface area contributed by atoms with E-state index in [2.05, 4.69) is 15.3 Å². The summed E-state index contributed by atoms with van der Waals surface area (Å²) in [5, 5.41) is 2.87. The molecule has 4 rings (SSSR count). The number of anilines is 1. The molecule has 2 amide bonds. The summed E-state index contributed by atoms with van der Waals surface area (Å²) in [6.45, 7) is 1.90. The van der Waals surface area contributed by atoms with Crippen LogP contribution >= 0.6 is 0 Å². The van der Waals surface area contributed by atoms with Gasteiger partial charge in [-0.25, -0.2) is 14.8 Å². The van der Waals surface area contributed by atoms with E-state index < -0.39 is 0 Å². The van der Waals surface area contributed by atoms with Crippen molar-refractivity contribution in [2.24, 2.45) is 5.92 Å². The zero-order valence-corrected chi connectivity index (χ0v) is 12.7. The predicted molar refractivity (Wildman–Crippen MR) is 81.7 cm³/mol. The van der Waals surface area contributed by atoms with E-state index in [-0.39, 0.29) is 12.1 Å². The highest BCUT2D eigenvalue weighted by atomic mass is 16.5. The number of aromatic nitrogens is 2. The molecule has 6 nitrogen and oxygen atoms in total. The van der Waals surface area contributed by atoms with Gasteiger partial charge in [-0.15, -0.1) is 0 Å². The van der Waals surface area contributed by atoms with Gasteiger partial charge in [-0.1, -0.05) is 12.8 Å². The molecule has 1 aromatic heterocycles. The first-order valence-electron chi connectivity index (χ1n) is 8.28. The largest absolute Gasteiger partial charge is 0.377 e. The number of carbonyl (C=O) groups is 1. The van der Waals surface area contributed by atoms with Gasteiger partial charge in [0.05, 0.1) is 19.3 Å². The fourth-order valence-corrected chi connectivity index (χ4v) is 3.06. The average Bonchev–Trinajstić information content (AvgIpc) is 3.42. The number of ether oxygens (including phenoxy) is 1. The van der Waals surface area contributed by atoms with Crippen molar-refractivity contribution in [2.75, 3.05) is 25.1 Å². The molecule has 1 aromatic rings. The minimum Gasteiger partial charge on any atom is -0.377 e. The van der Waals surface area contributed by atoms with Gasteiger partial charge in [0.2, 0.25) is 5.95 Å². The van der Waals surface area contributed by atoms with Gasteiger partial charge >= 0.3 is 6.03 Å². The molecule has 0 spiro atoms. The maximum absolute atomic E-state index is 12.6. The summed E-state index contributed by atoms with van der Waals surface area (Å²) in [6, 6.07) is 2.03. The van der Waals surface area contributed by atoms with Gasteiger partial charge in [0, 0.05) is 24.4 Å². The van der Waals surface area contributed by atoms with Crippen molar-refractivity contribution in [1.82, 2.24) is 14.9 Å². The first kappa shape index (κ1) is 13.9. The number of amides is 2. The van der Waals surface area contributed by atoms with E-state index in [1.165, 1.54) is 25.7 Å². The molecule has 1 aliphatic heterocycles. The summed E-state index contributed by atoms with van der Waals surface area (Å²) in [5.41, 5.74) is 1.04. The van der Waals surface area contributed by atoms with Crippen LogP contribution in [0.2, 0.25) is 0 Å². The third kappa shape index (κ3) is 3.21. The summed E-state index contributed by atoms with van der Waals surface area (Å²) < 4.78 is 5.55. The molecule has 0 aromatic carbocycles. The number of carbonyl (C=O) groups excluding carboxylic acids is 1. The molecule has 3 fully saturated rings. The van der Waals surface area contributed by atoms with E-state index in [9.17, 15) is 4.79 Å². The Morgan fingerprint density at radius 2 is 2.23 bits per heavy atom. The second-order valence-electron chi connectivity index (χ2n) is 6.61. The Hall–Kier alpha value is -1.69. The molecule has 1 saturated heterocycles. The van der Waals surface area contributed by atoms with Crippen LogP contribution in [-0.4, -0.2) is 46.7 Å². The van der Waals surface area contributed by atoms with Crippen molar-refractivity contribution in [3.63, 3.8) is 0 Å². The molecule has 2 heterocycles. The van der Waals surface area contributed by atoms with Crippen LogP contribution in [0.15, 0.2) is 12.3 Å². The third-order valence-corrected chi connectivity index (χ3v) is 4.68. The number of morpholine rings is 1. The topological polar surface area (TPSA) is 67.4 Å². The summed E-state index contributed by atoms with van der Waals surface area (Å²) in [7, 11) is 0. The predicted octanol–water partition coefficient (Wildman–Crippen LogP) is 2.39. The van der Waals surface area contributed by atoms with Crippen LogP contribution < -0.4 is 5.32 Å². The van der Waals surface area contributed by atoms with E-state index in [0.717, 1.165) is 18.0 Å². The lowest BCUT2D eigenvalue weighted by Crippen LogP contribution is -2.50. The van der Waals surface area contributed by atoms with Crippen LogP contribution in [0.1, 0.15) is 43.7 Å². The van der Waals surface area contributed by atoms with Crippen molar-refractivity contribution in [3.8, 4) is 0 Å². The molecule has 1 N–H and O–H groups in total. The first-order chi connectivity index (χ1) is 10.8. The number of nitrogens with one attached hydrogen (secondary N) is 1. The highest BCUT2D eigenvalue weighted by Crippen LogP contribution is 2.39. The zero-order valence-electron chi connectivity index (χ0n) is 12.7. The van der Waals surface area contributed by atoms with Gasteiger partial charge in [0.25, 0.3) is 0 Å². The first-order valence-corrected chi connectivity index (χ1v) is 8.28. The molecule has 2 saturated carbocycles. The maximum Gasteiger partial charge on any atom is 0.324 e. The smallest absolute Gasteiger partial charge is 0.324 e. The third-order valence-electron chi connectivity index (χ3n) is 4.68. The zero-order chi connectivity index (χ0) is 14.9. The molecule has 6 heteroatoms. The van der Waals surface area contributed by atoms with Gasteiger partial charge in [-0.3, -0.25) is 5.32 Å². The number of urea groups is 1. The Kier molecular flexibility index (Phi) is 3.70. The molecule has 0 radical (unpaired) electrons. The molecule has 22 heavy (non-hydrogen) atoms. The summed E-state index contributed by atoms with van der Waals surface area (Å²) in [4.78, 5) is 23.1. The van der Waals surface area contributed by atoms with Crippen LogP contribution in [0.25, 0.3) is 0 Å². The molecule has 3 aliphatic rings. The fourth-order valence-electron chi connectivity index (χ4n) is 3.06. The van der Waals surface area contributed by atoms with E-state index in [1.54, 1.807) is 6.20 Å². The van der Waals surface area contributed by atoms with Crippen LogP contribution in [0.3, 0.4) is 0 Å². The highest BCUT2D eigenvalue weighted by Gasteiger charge is 2.33. The van der Waals surface area contributed by atoms with Gasteiger partial charge < -0.3 is 9.64 Å². The Morgan fingerprint density at radius 3 is 3.00 bits per heavy atom. The Morgan fingerprint density at radius 1 is 1.36 bits per heavy atom. The van der Waals surface area contributed by atoms with Crippen molar-refractivity contribution < 1.29 is 9.53 Å². The minimum absolute atomic E-state index is 0.0955. The average molecular weight is 302 g/mol. The van der Waals surface area contributed by atoms with Gasteiger partial charge in [0.15, 0.2) is 0 Å². The lowest BCUT2D eigenvalue weighted by atomic mass is 10.1. The molecule has 1 unspecified atom stereocenters. The number of hydrogen-bond acceptors (Lipinski definition) is 4. The van der Waals surface area contributed by atoms with Crippen LogP contribution in [0.4, 0.5) is 10.7 Å². The normalized spacial score (nSPS) is 25.1. The van der Waals surface area contributed by atoms with Crippen LogP contribution in [0.5, 0.6) is 0 Å². The minimum atomic E-state index is -0.0955. The highest BCUT2D eigenvalue weighted by molar-refractivity contribution is 5.87. The van der Waals surface area contributed by atoms with Crippen molar-refractivity contribution in [3.05, 3.63) is 18.0 Å². The monoisotopic (exact) mass is 302 g/mol. The Labute approximate surface area is 130 Å². The van der Waals surface area contributed by atoms with E-state index in [4.69, 9.17) is 4.74 Å². The molecule has 118 valence electrons. The van der Waals surface area contributed by atoms with Gasteiger partial charge in [0.1, 0.15) is 0 Å². The summed E-state index contributed by atoms with van der Waals surface area (Å²) >= 11 is 0. The van der Waals surface area contributed by atoms with Gasteiger partial charge in [-0.05, 0) is 31.2 Å². The summed E-state index contributed by atoms with van der Waals surface area (Å²) in [6.07, 6.45) is 7.75. The van der Waals surface area contributed by atoms with E-state index in [0.29, 0.717) is 31.6 Å². The van der Waals surface area contributed by atoms with Crippen LogP contribution in [-0.2, 0) is 4.74 Å². The van der Waals surface area contributed by atoms with Gasteiger partial charge in [-0.2, -0.15) is 0 Å². The number of nitrogens with zero attached hydrogens (tertiary/aromatic N) is 3.